The molecule has 1 aliphatic rings. The van der Waals surface area contributed by atoms with Crippen LogP contribution in [0, 0.1) is 5.41 Å². The standard InChI is InChI=1S/C23H25ClN2O6S/c1-23(2)13-21(28)25(22(23)29)14-19(26(30)15-27)11-12-33(31,32)20-9-5-17(6-10-20)16-3-7-18(24)8-4-16/h3-10,15,19,30H,11-14H2,1-2H3. The van der Waals surface area contributed by atoms with Gasteiger partial charge < -0.3 is 0 Å². The molecule has 0 saturated carbocycles. The molecule has 10 heteroatoms. The summed E-state index contributed by atoms with van der Waals surface area (Å²) in [4.78, 5) is 36.9. The van der Waals surface area contributed by atoms with Crippen molar-refractivity contribution in [1.29, 1.82) is 0 Å². The molecule has 3 rings (SSSR count). The van der Waals surface area contributed by atoms with Crippen molar-refractivity contribution in [2.45, 2.75) is 37.6 Å². The Morgan fingerprint density at radius 3 is 2.12 bits per heavy atom. The van der Waals surface area contributed by atoms with Crippen LogP contribution in [0.25, 0.3) is 11.1 Å². The molecule has 1 atom stereocenters. The van der Waals surface area contributed by atoms with Gasteiger partial charge in [0.25, 0.3) is 0 Å². The molecule has 0 bridgehead atoms. The SMILES string of the molecule is CC1(C)CC(=O)N(CC(CCS(=O)(=O)c2ccc(-c3ccc(Cl)cc3)cc2)N(O)C=O)C1=O. The highest BCUT2D eigenvalue weighted by molar-refractivity contribution is 7.91. The van der Waals surface area contributed by atoms with Gasteiger partial charge in [0, 0.05) is 11.4 Å². The quantitative estimate of drug-likeness (QED) is 0.249. The van der Waals surface area contributed by atoms with Crippen LogP contribution in [0.3, 0.4) is 0 Å². The van der Waals surface area contributed by atoms with Gasteiger partial charge in [0.1, 0.15) is 0 Å². The van der Waals surface area contributed by atoms with Gasteiger partial charge in [0.05, 0.1) is 28.6 Å². The molecule has 0 spiro atoms. The van der Waals surface area contributed by atoms with E-state index in [0.29, 0.717) is 10.1 Å². The second-order valence-corrected chi connectivity index (χ2v) is 11.2. The fraction of sp³-hybridized carbons (Fsp3) is 0.348. The minimum absolute atomic E-state index is 0.0172. The van der Waals surface area contributed by atoms with Crippen molar-refractivity contribution in [2.75, 3.05) is 12.3 Å². The number of hydrogen-bond acceptors (Lipinski definition) is 6. The average Bonchev–Trinajstić information content (AvgIpc) is 2.97. The minimum Gasteiger partial charge on any atom is -0.286 e. The summed E-state index contributed by atoms with van der Waals surface area (Å²) in [7, 11) is -3.75. The number of carbonyl (C=O) groups is 3. The van der Waals surface area contributed by atoms with Crippen LogP contribution in [0.1, 0.15) is 26.7 Å². The summed E-state index contributed by atoms with van der Waals surface area (Å²) in [5.74, 6) is -1.23. The summed E-state index contributed by atoms with van der Waals surface area (Å²) in [6.45, 7) is 3.00. The number of benzene rings is 2. The number of nitrogens with zero attached hydrogens (tertiary/aromatic N) is 2. The third-order valence-corrected chi connectivity index (χ3v) is 7.72. The van der Waals surface area contributed by atoms with Gasteiger partial charge in [-0.2, -0.15) is 0 Å². The highest BCUT2D eigenvalue weighted by Crippen LogP contribution is 2.32. The summed E-state index contributed by atoms with van der Waals surface area (Å²) in [6.07, 6.45) is -0.00824. The van der Waals surface area contributed by atoms with E-state index < -0.39 is 33.1 Å². The molecule has 0 radical (unpaired) electrons. The Bertz CT molecular complexity index is 1150. The third-order valence-electron chi connectivity index (χ3n) is 5.70. The molecule has 1 aliphatic heterocycles. The van der Waals surface area contributed by atoms with E-state index in [-0.39, 0.29) is 36.4 Å². The molecular weight excluding hydrogens is 468 g/mol. The maximum absolute atomic E-state index is 12.9. The first-order valence-electron chi connectivity index (χ1n) is 10.3. The monoisotopic (exact) mass is 492 g/mol. The van der Waals surface area contributed by atoms with E-state index in [0.717, 1.165) is 16.0 Å². The van der Waals surface area contributed by atoms with E-state index in [9.17, 15) is 28.0 Å². The number of carbonyl (C=O) groups excluding carboxylic acids is 3. The molecule has 176 valence electrons. The lowest BCUT2D eigenvalue weighted by Crippen LogP contribution is -2.45. The van der Waals surface area contributed by atoms with E-state index in [2.05, 4.69) is 0 Å². The van der Waals surface area contributed by atoms with E-state index in [1.165, 1.54) is 12.1 Å². The van der Waals surface area contributed by atoms with Gasteiger partial charge in [-0.15, -0.1) is 0 Å². The summed E-state index contributed by atoms with van der Waals surface area (Å²) in [5.41, 5.74) is 0.828. The summed E-state index contributed by atoms with van der Waals surface area (Å²) < 4.78 is 25.7. The van der Waals surface area contributed by atoms with Crippen molar-refractivity contribution in [2.24, 2.45) is 5.41 Å². The molecule has 8 nitrogen and oxygen atoms in total. The lowest BCUT2D eigenvalue weighted by Gasteiger charge is -2.27. The second-order valence-electron chi connectivity index (χ2n) is 8.65. The number of amides is 3. The van der Waals surface area contributed by atoms with Crippen LogP contribution in [0.15, 0.2) is 53.4 Å². The predicted molar refractivity (Wildman–Crippen MR) is 122 cm³/mol. The number of likely N-dealkylation sites (tertiary alicyclic amines) is 1. The van der Waals surface area contributed by atoms with Crippen molar-refractivity contribution in [3.8, 4) is 11.1 Å². The summed E-state index contributed by atoms with van der Waals surface area (Å²) in [6, 6.07) is 12.4. The average molecular weight is 493 g/mol. The molecule has 0 aliphatic carbocycles. The van der Waals surface area contributed by atoms with Crippen LogP contribution in [0.4, 0.5) is 0 Å². The normalized spacial score (nSPS) is 16.7. The van der Waals surface area contributed by atoms with Crippen LogP contribution in [0.5, 0.6) is 0 Å². The van der Waals surface area contributed by atoms with Crippen molar-refractivity contribution in [1.82, 2.24) is 9.96 Å². The zero-order chi connectivity index (χ0) is 24.4. The zero-order valence-electron chi connectivity index (χ0n) is 18.3. The number of hydroxylamine groups is 2. The number of rotatable bonds is 9. The smallest absolute Gasteiger partial charge is 0.235 e. The number of sulfone groups is 1. The van der Waals surface area contributed by atoms with Gasteiger partial charge >= 0.3 is 0 Å². The van der Waals surface area contributed by atoms with Crippen LogP contribution in [-0.2, 0) is 24.2 Å². The first-order chi connectivity index (χ1) is 15.4. The van der Waals surface area contributed by atoms with Gasteiger partial charge in [-0.05, 0) is 41.8 Å². The van der Waals surface area contributed by atoms with Gasteiger partial charge in [0.2, 0.25) is 18.2 Å². The summed E-state index contributed by atoms with van der Waals surface area (Å²) in [5, 5.41) is 10.9. The molecular formula is C23H25ClN2O6S. The van der Waals surface area contributed by atoms with Crippen LogP contribution in [-0.4, -0.2) is 60.2 Å². The van der Waals surface area contributed by atoms with Crippen LogP contribution >= 0.6 is 11.6 Å². The molecule has 1 saturated heterocycles. The van der Waals surface area contributed by atoms with E-state index >= 15 is 0 Å². The number of halogens is 1. The molecule has 1 fully saturated rings. The minimum atomic E-state index is -3.75. The Morgan fingerprint density at radius 2 is 1.64 bits per heavy atom. The molecule has 0 aromatic heterocycles. The highest BCUT2D eigenvalue weighted by Gasteiger charge is 2.45. The fourth-order valence-electron chi connectivity index (χ4n) is 3.72. The largest absolute Gasteiger partial charge is 0.286 e. The van der Waals surface area contributed by atoms with Crippen molar-refractivity contribution >= 4 is 39.7 Å². The van der Waals surface area contributed by atoms with Gasteiger partial charge in [-0.25, -0.2) is 13.5 Å². The topological polar surface area (TPSA) is 112 Å². The maximum Gasteiger partial charge on any atom is 0.235 e. The summed E-state index contributed by atoms with van der Waals surface area (Å²) >= 11 is 5.90. The highest BCUT2D eigenvalue weighted by atomic mass is 35.5. The van der Waals surface area contributed by atoms with Crippen molar-refractivity contribution in [3.05, 3.63) is 53.6 Å². The Labute approximate surface area is 197 Å². The molecule has 33 heavy (non-hydrogen) atoms. The Kier molecular flexibility index (Phi) is 7.26. The third kappa shape index (κ3) is 5.61. The molecule has 2 aromatic rings. The maximum atomic E-state index is 12.9. The van der Waals surface area contributed by atoms with Gasteiger partial charge in [-0.3, -0.25) is 24.5 Å². The molecule has 3 amide bonds. The zero-order valence-corrected chi connectivity index (χ0v) is 19.8. The van der Waals surface area contributed by atoms with Crippen molar-refractivity contribution in [3.63, 3.8) is 0 Å². The van der Waals surface area contributed by atoms with E-state index in [4.69, 9.17) is 11.6 Å². The lowest BCUT2D eigenvalue weighted by atomic mass is 9.92. The Hall–Kier alpha value is -2.75. The molecule has 1 unspecified atom stereocenters. The predicted octanol–water partition coefficient (Wildman–Crippen LogP) is 3.17. The van der Waals surface area contributed by atoms with E-state index in [1.807, 2.05) is 12.1 Å². The molecule has 1 N–H and O–H groups in total. The van der Waals surface area contributed by atoms with E-state index in [1.54, 1.807) is 38.1 Å². The Morgan fingerprint density at radius 1 is 1.09 bits per heavy atom. The first-order valence-corrected chi connectivity index (χ1v) is 12.3. The molecule has 1 heterocycles. The Balaban J connectivity index is 1.72. The van der Waals surface area contributed by atoms with Gasteiger partial charge in [-0.1, -0.05) is 49.7 Å². The van der Waals surface area contributed by atoms with Crippen molar-refractivity contribution < 1.29 is 28.0 Å². The fourth-order valence-corrected chi connectivity index (χ4v) is 5.22. The van der Waals surface area contributed by atoms with Crippen LogP contribution < -0.4 is 0 Å². The second kappa shape index (κ2) is 9.62. The number of hydrogen-bond donors (Lipinski definition) is 1. The van der Waals surface area contributed by atoms with Crippen LogP contribution in [0.2, 0.25) is 5.02 Å². The number of imide groups is 1. The molecule has 2 aromatic carbocycles. The lowest BCUT2D eigenvalue weighted by molar-refractivity contribution is -0.165. The van der Waals surface area contributed by atoms with Gasteiger partial charge in [0.15, 0.2) is 9.84 Å². The first kappa shape index (κ1) is 24.9.